The third-order valence-corrected chi connectivity index (χ3v) is 4.64. The largest absolute Gasteiger partial charge is 0.379 e. The predicted molar refractivity (Wildman–Crippen MR) is 93.4 cm³/mol. The van der Waals surface area contributed by atoms with E-state index in [0.29, 0.717) is 32.9 Å². The van der Waals surface area contributed by atoms with Crippen LogP contribution in [0.3, 0.4) is 0 Å². The van der Waals surface area contributed by atoms with Gasteiger partial charge in [-0.2, -0.15) is 0 Å². The molecule has 2 aliphatic heterocycles. The van der Waals surface area contributed by atoms with Crippen LogP contribution in [0.15, 0.2) is 24.3 Å². The van der Waals surface area contributed by atoms with Crippen molar-refractivity contribution >= 4 is 11.7 Å². The smallest absolute Gasteiger partial charge is 0.317 e. The zero-order valence-corrected chi connectivity index (χ0v) is 14.6. The first kappa shape index (κ1) is 17.9. The summed E-state index contributed by atoms with van der Waals surface area (Å²) in [5, 5.41) is 3.11. The Morgan fingerprint density at radius 2 is 2.12 bits per heavy atom. The van der Waals surface area contributed by atoms with Crippen LogP contribution in [0.25, 0.3) is 0 Å². The summed E-state index contributed by atoms with van der Waals surface area (Å²) in [4.78, 5) is 16.5. The number of benzene rings is 1. The summed E-state index contributed by atoms with van der Waals surface area (Å²) in [5.41, 5.74) is 0.987. The lowest BCUT2D eigenvalue weighted by atomic mass is 10.2. The Balaban J connectivity index is 1.47. The van der Waals surface area contributed by atoms with Crippen LogP contribution in [0.2, 0.25) is 0 Å². The molecule has 2 fully saturated rings. The summed E-state index contributed by atoms with van der Waals surface area (Å²) < 4.78 is 24.1. The van der Waals surface area contributed by atoms with Crippen molar-refractivity contribution in [1.82, 2.24) is 10.2 Å². The molecule has 6 nitrogen and oxygen atoms in total. The maximum Gasteiger partial charge on any atom is 0.317 e. The second-order valence-electron chi connectivity index (χ2n) is 6.46. The maximum absolute atomic E-state index is 13.0. The minimum absolute atomic E-state index is 0.0456. The Morgan fingerprint density at radius 1 is 1.32 bits per heavy atom. The summed E-state index contributed by atoms with van der Waals surface area (Å²) in [7, 11) is 0. The van der Waals surface area contributed by atoms with Gasteiger partial charge in [-0.25, -0.2) is 9.18 Å². The highest BCUT2D eigenvalue weighted by molar-refractivity contribution is 5.75. The molecule has 1 N–H and O–H groups in total. The van der Waals surface area contributed by atoms with Crippen LogP contribution in [-0.4, -0.2) is 69.1 Å². The number of halogens is 1. The van der Waals surface area contributed by atoms with Crippen LogP contribution in [0, 0.1) is 5.82 Å². The SMILES string of the molecule is CCOCC1CN(C(=O)NC2CCN(c3ccc(F)cc3)C2)CCO1. The Hall–Kier alpha value is -1.86. The number of morpholine rings is 1. The molecular formula is C18H26FN3O3. The Labute approximate surface area is 147 Å². The third-order valence-electron chi connectivity index (χ3n) is 4.64. The second-order valence-corrected chi connectivity index (χ2v) is 6.46. The van der Waals surface area contributed by atoms with E-state index in [9.17, 15) is 9.18 Å². The average Bonchev–Trinajstić information content (AvgIpc) is 3.09. The Kier molecular flexibility index (Phi) is 6.09. The normalized spacial score (nSPS) is 23.8. The van der Waals surface area contributed by atoms with E-state index in [-0.39, 0.29) is 24.0 Å². The molecule has 0 bridgehead atoms. The monoisotopic (exact) mass is 351 g/mol. The van der Waals surface area contributed by atoms with Crippen LogP contribution in [0.1, 0.15) is 13.3 Å². The number of amides is 2. The number of rotatable bonds is 5. The lowest BCUT2D eigenvalue weighted by Crippen LogP contribution is -2.53. The highest BCUT2D eigenvalue weighted by Crippen LogP contribution is 2.20. The number of nitrogens with zero attached hydrogens (tertiary/aromatic N) is 2. The van der Waals surface area contributed by atoms with E-state index in [4.69, 9.17) is 9.47 Å². The van der Waals surface area contributed by atoms with E-state index in [1.807, 2.05) is 6.92 Å². The summed E-state index contributed by atoms with van der Waals surface area (Å²) in [6.07, 6.45) is 0.828. The number of carbonyl (C=O) groups excluding carboxylic acids is 1. The fourth-order valence-electron chi connectivity index (χ4n) is 3.28. The van der Waals surface area contributed by atoms with Gasteiger partial charge < -0.3 is 24.6 Å². The lowest BCUT2D eigenvalue weighted by Gasteiger charge is -2.33. The number of anilines is 1. The highest BCUT2D eigenvalue weighted by Gasteiger charge is 2.28. The van der Waals surface area contributed by atoms with E-state index >= 15 is 0 Å². The molecule has 2 aliphatic rings. The quantitative estimate of drug-likeness (QED) is 0.880. The van der Waals surface area contributed by atoms with Gasteiger partial charge in [0, 0.05) is 38.0 Å². The lowest BCUT2D eigenvalue weighted by molar-refractivity contribution is -0.0568. The van der Waals surface area contributed by atoms with Gasteiger partial charge in [0.2, 0.25) is 0 Å². The van der Waals surface area contributed by atoms with Gasteiger partial charge in [0.1, 0.15) is 5.82 Å². The van der Waals surface area contributed by atoms with Gasteiger partial charge in [0.05, 0.1) is 25.9 Å². The molecule has 2 saturated heterocycles. The van der Waals surface area contributed by atoms with Gasteiger partial charge in [0.25, 0.3) is 0 Å². The van der Waals surface area contributed by atoms with Gasteiger partial charge in [-0.1, -0.05) is 0 Å². The van der Waals surface area contributed by atoms with Crippen molar-refractivity contribution in [3.63, 3.8) is 0 Å². The van der Waals surface area contributed by atoms with Gasteiger partial charge in [0.15, 0.2) is 0 Å². The third kappa shape index (κ3) is 4.83. The first-order valence-electron chi connectivity index (χ1n) is 8.91. The summed E-state index contributed by atoms with van der Waals surface area (Å²) in [5.74, 6) is -0.235. The Morgan fingerprint density at radius 3 is 2.88 bits per heavy atom. The van der Waals surface area contributed by atoms with Crippen LogP contribution >= 0.6 is 0 Å². The molecular weight excluding hydrogens is 325 g/mol. The number of carbonyl (C=O) groups is 1. The minimum atomic E-state index is -0.235. The standard InChI is InChI=1S/C18H26FN3O3/c1-2-24-13-17-12-22(9-10-25-17)18(23)20-15-7-8-21(11-15)16-5-3-14(19)4-6-16/h3-6,15,17H,2,7-13H2,1H3,(H,20,23). The fraction of sp³-hybridized carbons (Fsp3) is 0.611. The average molecular weight is 351 g/mol. The minimum Gasteiger partial charge on any atom is -0.379 e. The molecule has 7 heteroatoms. The molecule has 0 radical (unpaired) electrons. The van der Waals surface area contributed by atoms with Crippen molar-refractivity contribution in [2.75, 3.05) is 50.9 Å². The molecule has 2 atom stereocenters. The van der Waals surface area contributed by atoms with E-state index in [1.165, 1.54) is 12.1 Å². The molecule has 0 aromatic heterocycles. The van der Waals surface area contributed by atoms with Gasteiger partial charge in [-0.15, -0.1) is 0 Å². The molecule has 138 valence electrons. The van der Waals surface area contributed by atoms with Crippen molar-refractivity contribution < 1.29 is 18.7 Å². The maximum atomic E-state index is 13.0. The summed E-state index contributed by atoms with van der Waals surface area (Å²) >= 11 is 0. The van der Waals surface area contributed by atoms with Gasteiger partial charge in [-0.05, 0) is 37.6 Å². The summed E-state index contributed by atoms with van der Waals surface area (Å²) in [6, 6.07) is 6.54. The van der Waals surface area contributed by atoms with E-state index in [1.54, 1.807) is 17.0 Å². The van der Waals surface area contributed by atoms with Crippen molar-refractivity contribution in [1.29, 1.82) is 0 Å². The first-order chi connectivity index (χ1) is 12.2. The number of ether oxygens (including phenoxy) is 2. The summed E-state index contributed by atoms with van der Waals surface area (Å²) in [6.45, 7) is 6.40. The van der Waals surface area contributed by atoms with E-state index in [0.717, 1.165) is 25.2 Å². The molecule has 1 aromatic carbocycles. The van der Waals surface area contributed by atoms with Crippen LogP contribution < -0.4 is 10.2 Å². The van der Waals surface area contributed by atoms with Gasteiger partial charge >= 0.3 is 6.03 Å². The van der Waals surface area contributed by atoms with Gasteiger partial charge in [-0.3, -0.25) is 0 Å². The highest BCUT2D eigenvalue weighted by atomic mass is 19.1. The molecule has 2 unspecified atom stereocenters. The molecule has 1 aromatic rings. The van der Waals surface area contributed by atoms with E-state index in [2.05, 4.69) is 10.2 Å². The van der Waals surface area contributed by atoms with E-state index < -0.39 is 0 Å². The van der Waals surface area contributed by atoms with Crippen molar-refractivity contribution in [3.8, 4) is 0 Å². The zero-order valence-electron chi connectivity index (χ0n) is 14.6. The fourth-order valence-corrected chi connectivity index (χ4v) is 3.28. The van der Waals surface area contributed by atoms with Crippen molar-refractivity contribution in [2.24, 2.45) is 0 Å². The molecule has 25 heavy (non-hydrogen) atoms. The number of nitrogens with one attached hydrogen (secondary N) is 1. The molecule has 0 saturated carbocycles. The molecule has 3 rings (SSSR count). The van der Waals surface area contributed by atoms with Crippen LogP contribution in [-0.2, 0) is 9.47 Å². The number of urea groups is 1. The Bertz CT molecular complexity index is 569. The topological polar surface area (TPSA) is 54.0 Å². The first-order valence-corrected chi connectivity index (χ1v) is 8.91. The predicted octanol–water partition coefficient (Wildman–Crippen LogP) is 1.85. The van der Waals surface area contributed by atoms with Crippen molar-refractivity contribution in [2.45, 2.75) is 25.5 Å². The molecule has 0 aliphatic carbocycles. The molecule has 0 spiro atoms. The number of hydrogen-bond donors (Lipinski definition) is 1. The molecule has 2 heterocycles. The zero-order chi connectivity index (χ0) is 17.6. The second kappa shape index (κ2) is 8.49. The molecule has 2 amide bonds. The number of hydrogen-bond acceptors (Lipinski definition) is 4. The van der Waals surface area contributed by atoms with Crippen LogP contribution in [0.4, 0.5) is 14.9 Å². The van der Waals surface area contributed by atoms with Crippen molar-refractivity contribution in [3.05, 3.63) is 30.1 Å². The van der Waals surface area contributed by atoms with Crippen LogP contribution in [0.5, 0.6) is 0 Å².